The summed E-state index contributed by atoms with van der Waals surface area (Å²) in [6.45, 7) is 4.70. The fourth-order valence-corrected chi connectivity index (χ4v) is 7.16. The zero-order valence-corrected chi connectivity index (χ0v) is 22.5. The lowest BCUT2D eigenvalue weighted by Crippen LogP contribution is -2.62. The number of hydrogen-bond acceptors (Lipinski definition) is 8. The maximum absolute atomic E-state index is 13.7. The van der Waals surface area contributed by atoms with E-state index in [-0.39, 0.29) is 30.0 Å². The molecule has 2 unspecified atom stereocenters. The minimum atomic E-state index is -3.88. The van der Waals surface area contributed by atoms with Crippen molar-refractivity contribution in [1.29, 1.82) is 0 Å². The smallest absolute Gasteiger partial charge is 0.244 e. The van der Waals surface area contributed by atoms with E-state index in [0.717, 1.165) is 10.2 Å². The zero-order valence-electron chi connectivity index (χ0n) is 20.8. The minimum absolute atomic E-state index is 0.185. The lowest BCUT2D eigenvalue weighted by atomic mass is 10.1. The first-order chi connectivity index (χ1) is 17.3. The quantitative estimate of drug-likeness (QED) is 0.391. The van der Waals surface area contributed by atoms with Crippen molar-refractivity contribution in [3.05, 3.63) is 41.9 Å². The van der Waals surface area contributed by atoms with E-state index in [1.165, 1.54) is 15.6 Å². The van der Waals surface area contributed by atoms with E-state index < -0.39 is 16.1 Å². The third-order valence-electron chi connectivity index (χ3n) is 6.25. The van der Waals surface area contributed by atoms with Gasteiger partial charge in [0, 0.05) is 18.7 Å². The first-order valence-electron chi connectivity index (χ1n) is 11.8. The molecule has 9 nitrogen and oxygen atoms in total. The SMILES string of the molecule is CCCC1C(=O)N(CCOc2ccc(OC)c(OC)c2)CC(C)N1S(=O)(=O)c1ccc2ncsc2c1. The number of carbonyl (C=O) groups excluding carboxylic acids is 1. The van der Waals surface area contributed by atoms with Gasteiger partial charge in [-0.05, 0) is 43.7 Å². The molecule has 4 rings (SSSR count). The van der Waals surface area contributed by atoms with Crippen molar-refractivity contribution >= 4 is 37.5 Å². The molecule has 0 saturated carbocycles. The number of piperazine rings is 1. The highest BCUT2D eigenvalue weighted by Gasteiger charge is 2.45. The summed E-state index contributed by atoms with van der Waals surface area (Å²) in [6, 6.07) is 9.04. The van der Waals surface area contributed by atoms with Crippen LogP contribution in [0.4, 0.5) is 0 Å². The van der Waals surface area contributed by atoms with Gasteiger partial charge in [0.1, 0.15) is 18.4 Å². The topological polar surface area (TPSA) is 98.3 Å². The van der Waals surface area contributed by atoms with Gasteiger partial charge in [0.25, 0.3) is 0 Å². The molecule has 0 spiro atoms. The van der Waals surface area contributed by atoms with Crippen LogP contribution in [0.5, 0.6) is 17.2 Å². The van der Waals surface area contributed by atoms with Crippen molar-refractivity contribution in [2.75, 3.05) is 33.9 Å². The molecule has 3 aromatic rings. The monoisotopic (exact) mass is 533 g/mol. The van der Waals surface area contributed by atoms with Crippen LogP contribution in [0.25, 0.3) is 10.2 Å². The van der Waals surface area contributed by atoms with Crippen LogP contribution in [0, 0.1) is 0 Å². The zero-order chi connectivity index (χ0) is 25.9. The molecule has 0 N–H and O–H groups in total. The van der Waals surface area contributed by atoms with Crippen LogP contribution in [0.3, 0.4) is 0 Å². The van der Waals surface area contributed by atoms with Gasteiger partial charge in [0.15, 0.2) is 11.5 Å². The highest BCUT2D eigenvalue weighted by Crippen LogP contribution is 2.32. The third-order valence-corrected chi connectivity index (χ3v) is 9.06. The number of rotatable bonds is 10. The number of methoxy groups -OCH3 is 2. The van der Waals surface area contributed by atoms with Crippen molar-refractivity contribution in [3.8, 4) is 17.2 Å². The molecule has 1 aromatic heterocycles. The van der Waals surface area contributed by atoms with Gasteiger partial charge in [0.2, 0.25) is 15.9 Å². The molecule has 1 aliphatic rings. The van der Waals surface area contributed by atoms with Crippen LogP contribution < -0.4 is 14.2 Å². The molecule has 0 radical (unpaired) electrons. The Morgan fingerprint density at radius 3 is 2.61 bits per heavy atom. The van der Waals surface area contributed by atoms with Crippen molar-refractivity contribution in [3.63, 3.8) is 0 Å². The average Bonchev–Trinajstić information content (AvgIpc) is 3.34. The van der Waals surface area contributed by atoms with Crippen LogP contribution in [-0.4, -0.2) is 74.5 Å². The Kier molecular flexibility index (Phi) is 8.01. The van der Waals surface area contributed by atoms with Gasteiger partial charge >= 0.3 is 0 Å². The summed E-state index contributed by atoms with van der Waals surface area (Å²) in [5, 5.41) is 0. The van der Waals surface area contributed by atoms with Crippen molar-refractivity contribution in [2.45, 2.75) is 43.7 Å². The number of fused-ring (bicyclic) bond motifs is 1. The number of hydrogen-bond donors (Lipinski definition) is 0. The lowest BCUT2D eigenvalue weighted by Gasteiger charge is -2.43. The van der Waals surface area contributed by atoms with Gasteiger partial charge in [-0.15, -0.1) is 11.3 Å². The lowest BCUT2D eigenvalue weighted by molar-refractivity contribution is -0.141. The number of benzene rings is 2. The van der Waals surface area contributed by atoms with Crippen molar-refractivity contribution < 1.29 is 27.4 Å². The molecule has 1 amide bonds. The summed E-state index contributed by atoms with van der Waals surface area (Å²) in [6.07, 6.45) is 1.12. The average molecular weight is 534 g/mol. The number of amides is 1. The van der Waals surface area contributed by atoms with E-state index in [1.54, 1.807) is 61.0 Å². The summed E-state index contributed by atoms with van der Waals surface area (Å²) >= 11 is 1.39. The van der Waals surface area contributed by atoms with Crippen LogP contribution in [-0.2, 0) is 14.8 Å². The van der Waals surface area contributed by atoms with Crippen molar-refractivity contribution in [2.24, 2.45) is 0 Å². The first kappa shape index (κ1) is 26.2. The number of nitrogens with zero attached hydrogens (tertiary/aromatic N) is 3. The molecule has 1 fully saturated rings. The number of ether oxygens (including phenoxy) is 3. The van der Waals surface area contributed by atoms with E-state index in [1.807, 2.05) is 13.8 Å². The van der Waals surface area contributed by atoms with Crippen LogP contribution >= 0.6 is 11.3 Å². The fraction of sp³-hybridized carbons (Fsp3) is 0.440. The molecule has 2 atom stereocenters. The summed E-state index contributed by atoms with van der Waals surface area (Å²) in [4.78, 5) is 19.6. The maximum Gasteiger partial charge on any atom is 0.244 e. The molecule has 1 saturated heterocycles. The van der Waals surface area contributed by atoms with Crippen LogP contribution in [0.2, 0.25) is 0 Å². The predicted molar refractivity (Wildman–Crippen MR) is 138 cm³/mol. The van der Waals surface area contributed by atoms with E-state index in [2.05, 4.69) is 4.98 Å². The number of thiazole rings is 1. The number of sulfonamides is 1. The highest BCUT2D eigenvalue weighted by molar-refractivity contribution is 7.89. The summed E-state index contributed by atoms with van der Waals surface area (Å²) in [7, 11) is -0.759. The molecule has 36 heavy (non-hydrogen) atoms. The Bertz CT molecular complexity index is 1330. The highest BCUT2D eigenvalue weighted by atomic mass is 32.2. The molecule has 0 bridgehead atoms. The molecule has 1 aliphatic heterocycles. The summed E-state index contributed by atoms with van der Waals surface area (Å²) in [5.41, 5.74) is 2.45. The standard InChI is InChI=1S/C25H31N3O6S2/c1-5-6-21-25(29)27(11-12-34-18-7-10-22(32-3)23(13-18)33-4)15-17(2)28(21)36(30,31)19-8-9-20-24(14-19)35-16-26-20/h7-10,13-14,16-17,21H,5-6,11-12,15H2,1-4H3. The molecule has 0 aliphatic carbocycles. The summed E-state index contributed by atoms with van der Waals surface area (Å²) in [5.74, 6) is 1.55. The van der Waals surface area contributed by atoms with Gasteiger partial charge in [0.05, 0.1) is 41.4 Å². The Balaban J connectivity index is 1.49. The second kappa shape index (κ2) is 11.0. The van der Waals surface area contributed by atoms with E-state index in [0.29, 0.717) is 36.6 Å². The van der Waals surface area contributed by atoms with Gasteiger partial charge in [-0.25, -0.2) is 13.4 Å². The van der Waals surface area contributed by atoms with Gasteiger partial charge < -0.3 is 19.1 Å². The van der Waals surface area contributed by atoms with Crippen molar-refractivity contribution in [1.82, 2.24) is 14.2 Å². The summed E-state index contributed by atoms with van der Waals surface area (Å²) < 4.78 is 46.0. The fourth-order valence-electron chi connectivity index (χ4n) is 4.54. The Morgan fingerprint density at radius 1 is 1.11 bits per heavy atom. The van der Waals surface area contributed by atoms with Crippen LogP contribution in [0.15, 0.2) is 46.8 Å². The molecular formula is C25H31N3O6S2. The second-order valence-electron chi connectivity index (χ2n) is 8.62. The third kappa shape index (κ3) is 5.14. The van der Waals surface area contributed by atoms with Gasteiger partial charge in [-0.3, -0.25) is 4.79 Å². The second-order valence-corrected chi connectivity index (χ2v) is 11.3. The molecule has 194 valence electrons. The normalized spacial score (nSPS) is 19.0. The largest absolute Gasteiger partial charge is 0.493 e. The number of aromatic nitrogens is 1. The van der Waals surface area contributed by atoms with Crippen LogP contribution in [0.1, 0.15) is 26.7 Å². The maximum atomic E-state index is 13.7. The van der Waals surface area contributed by atoms with Gasteiger partial charge in [-0.2, -0.15) is 4.31 Å². The van der Waals surface area contributed by atoms with E-state index in [9.17, 15) is 13.2 Å². The molecular weight excluding hydrogens is 502 g/mol. The molecule has 2 heterocycles. The minimum Gasteiger partial charge on any atom is -0.493 e. The number of carbonyl (C=O) groups is 1. The van der Waals surface area contributed by atoms with E-state index >= 15 is 0 Å². The first-order valence-corrected chi connectivity index (χ1v) is 14.1. The van der Waals surface area contributed by atoms with Gasteiger partial charge in [-0.1, -0.05) is 13.3 Å². The van der Waals surface area contributed by atoms with E-state index in [4.69, 9.17) is 14.2 Å². The Labute approximate surface area is 215 Å². The molecule has 2 aromatic carbocycles. The Hall–Kier alpha value is -2.89. The molecule has 11 heteroatoms. The Morgan fingerprint density at radius 2 is 1.89 bits per heavy atom. The predicted octanol–water partition coefficient (Wildman–Crippen LogP) is 3.78.